The average Bonchev–Trinajstić information content (AvgIpc) is 3.74. The first kappa shape index (κ1) is 37.9. The van der Waals surface area contributed by atoms with Gasteiger partial charge in [0.15, 0.2) is 0 Å². The fourth-order valence-electron chi connectivity index (χ4n) is 8.05. The van der Waals surface area contributed by atoms with Gasteiger partial charge in [-0.1, -0.05) is 0 Å². The minimum Gasteiger partial charge on any atom is -1.00 e. The molecule has 0 saturated heterocycles. The van der Waals surface area contributed by atoms with E-state index in [4.69, 9.17) is 0 Å². The van der Waals surface area contributed by atoms with Crippen LogP contribution in [0.15, 0.2) is 179 Å². The maximum Gasteiger partial charge on any atom is -1.00 e. The third-order valence-corrected chi connectivity index (χ3v) is 19.1. The molecular weight excluding hydrogens is 751 g/mol. The Morgan fingerprint density at radius 1 is 0.538 bits per heavy atom. The topological polar surface area (TPSA) is 0 Å². The van der Waals surface area contributed by atoms with E-state index in [1.165, 1.54) is 61.2 Å². The second-order valence-corrected chi connectivity index (χ2v) is 20.9. The number of halogens is 2. The van der Waals surface area contributed by atoms with Gasteiger partial charge in [-0.05, 0) is 0 Å². The van der Waals surface area contributed by atoms with Gasteiger partial charge in [-0.25, -0.2) is 0 Å². The quantitative estimate of drug-likeness (QED) is 0.166. The molecule has 0 radical (unpaired) electrons. The number of hydrogen-bond acceptors (Lipinski definition) is 0. The normalized spacial score (nSPS) is 14.5. The van der Waals surface area contributed by atoms with Gasteiger partial charge >= 0.3 is 308 Å². The molecule has 1 unspecified atom stereocenters. The van der Waals surface area contributed by atoms with Crippen molar-refractivity contribution >= 4 is 3.21 Å². The molecule has 0 fully saturated rings. The molecule has 0 aliphatic heterocycles. The minimum absolute atomic E-state index is 0. The van der Waals surface area contributed by atoms with Gasteiger partial charge < -0.3 is 24.8 Å². The zero-order valence-electron chi connectivity index (χ0n) is 30.3. The van der Waals surface area contributed by atoms with E-state index in [0.29, 0.717) is 9.54 Å². The van der Waals surface area contributed by atoms with E-state index in [9.17, 15) is 0 Å². The molecule has 6 aromatic rings. The summed E-state index contributed by atoms with van der Waals surface area (Å²) in [5.74, 6) is 0.447. The molecule has 6 aromatic carbocycles. The summed E-state index contributed by atoms with van der Waals surface area (Å²) in [7, 11) is 0. The molecule has 8 rings (SSSR count). The summed E-state index contributed by atoms with van der Waals surface area (Å²) in [6.07, 6.45) is 6.42. The van der Waals surface area contributed by atoms with Crippen molar-refractivity contribution in [2.75, 3.05) is 0 Å². The van der Waals surface area contributed by atoms with Crippen molar-refractivity contribution in [3.63, 3.8) is 0 Å². The second-order valence-electron chi connectivity index (χ2n) is 14.8. The maximum atomic E-state index is 2.68. The zero-order chi connectivity index (χ0) is 34.2. The summed E-state index contributed by atoms with van der Waals surface area (Å²) in [6.45, 7) is 9.53. The first-order valence-corrected chi connectivity index (χ1v) is 22.0. The van der Waals surface area contributed by atoms with Crippen molar-refractivity contribution in [1.29, 1.82) is 0 Å². The largest absolute Gasteiger partial charge is 1.00 e. The Morgan fingerprint density at radius 2 is 0.962 bits per heavy atom. The van der Waals surface area contributed by atoms with Gasteiger partial charge in [0.25, 0.3) is 0 Å². The Bertz CT molecular complexity index is 2130. The van der Waals surface area contributed by atoms with Crippen LogP contribution in [0.4, 0.5) is 0 Å². The molecule has 0 nitrogen and oxygen atoms in total. The van der Waals surface area contributed by atoms with Crippen molar-refractivity contribution in [2.24, 2.45) is 11.3 Å². The fourth-order valence-corrected chi connectivity index (χ4v) is 17.8. The first-order valence-electron chi connectivity index (χ1n) is 18.1. The van der Waals surface area contributed by atoms with Crippen LogP contribution in [0.25, 0.3) is 33.4 Å². The minimum atomic E-state index is -2.98. The molecule has 0 saturated carbocycles. The van der Waals surface area contributed by atoms with E-state index in [1.54, 1.807) is 6.49 Å². The molecule has 1 atom stereocenters. The molecule has 2 aliphatic rings. The fraction of sp³-hybridized carbons (Fsp3) is 0.163. The van der Waals surface area contributed by atoms with Crippen LogP contribution in [0.5, 0.6) is 0 Å². The second kappa shape index (κ2) is 16.0. The van der Waals surface area contributed by atoms with Crippen LogP contribution in [0.1, 0.15) is 60.0 Å². The monoisotopic (exact) mass is 792 g/mol. The summed E-state index contributed by atoms with van der Waals surface area (Å²) in [4.78, 5) is 0. The summed E-state index contributed by atoms with van der Waals surface area (Å²) in [5.41, 5.74) is 15.3. The summed E-state index contributed by atoms with van der Waals surface area (Å²) in [6, 6.07) is 59.3. The molecule has 3 heteroatoms. The van der Waals surface area contributed by atoms with Crippen LogP contribution in [0.2, 0.25) is 0 Å². The SMILES string of the molecule is CCC1C=C(C(C)(C)C)C=[C]1[Zr+2](=[C](c1ccccc1)c1ccccc1)[CH]1c2cc(-c3ccccc3)ccc2-c2ccc(-c3ccccc3)cc21.[Cl-].[Cl-]. The van der Waals surface area contributed by atoms with Gasteiger partial charge in [-0.15, -0.1) is 0 Å². The number of allylic oxidation sites excluding steroid dienone is 4. The Labute approximate surface area is 330 Å². The van der Waals surface area contributed by atoms with Gasteiger partial charge in [0, 0.05) is 0 Å². The molecule has 0 N–H and O–H groups in total. The standard InChI is InChI=1S/C25H17.C13H10.C11H17.2ClH.Zr/c1-3-7-18(8-4-1)20-11-13-24-22(15-20)17-23-16-21(12-14-25(23)24)19-9-5-2-6-10-19;1-3-7-12(8-4-1)11-13-9-5-2-6-10-13;1-5-9-6-7-10(8-9)11(2,3)4;;;/h1-17H;1-10H;7-9H,5H2,1-4H3;2*1H;/q;;;;;+2/p-2. The molecule has 0 bridgehead atoms. The number of fused-ring (bicyclic) bond motifs is 3. The Morgan fingerprint density at radius 3 is 1.37 bits per heavy atom. The third-order valence-electron chi connectivity index (χ3n) is 10.6. The maximum absolute atomic E-state index is 2.98. The average molecular weight is 795 g/mol. The van der Waals surface area contributed by atoms with Crippen LogP contribution in [0.3, 0.4) is 0 Å². The molecule has 2 aliphatic carbocycles. The van der Waals surface area contributed by atoms with Crippen LogP contribution in [0, 0.1) is 11.3 Å². The van der Waals surface area contributed by atoms with Crippen molar-refractivity contribution < 1.29 is 46.1 Å². The molecular formula is C49H44Cl2Zr. The Balaban J connectivity index is 0.00000232. The van der Waals surface area contributed by atoms with E-state index < -0.39 is 21.3 Å². The molecule has 52 heavy (non-hydrogen) atoms. The Hall–Kier alpha value is -3.87. The van der Waals surface area contributed by atoms with Gasteiger partial charge in [-0.3, -0.25) is 0 Å². The van der Waals surface area contributed by atoms with Crippen molar-refractivity contribution in [3.05, 3.63) is 201 Å². The smallest absolute Gasteiger partial charge is 1.00 e. The van der Waals surface area contributed by atoms with E-state index in [0.717, 1.165) is 6.42 Å². The third kappa shape index (κ3) is 7.21. The van der Waals surface area contributed by atoms with Crippen LogP contribution in [-0.2, 0) is 21.3 Å². The number of hydrogen-bond donors (Lipinski definition) is 0. The van der Waals surface area contributed by atoms with Crippen molar-refractivity contribution in [3.8, 4) is 33.4 Å². The zero-order valence-corrected chi connectivity index (χ0v) is 34.3. The number of benzene rings is 6. The van der Waals surface area contributed by atoms with E-state index >= 15 is 0 Å². The van der Waals surface area contributed by atoms with E-state index in [2.05, 4.69) is 198 Å². The van der Waals surface area contributed by atoms with Crippen LogP contribution in [-0.4, -0.2) is 3.21 Å². The first-order chi connectivity index (χ1) is 24.4. The van der Waals surface area contributed by atoms with E-state index in [1.807, 2.05) is 0 Å². The van der Waals surface area contributed by atoms with Gasteiger partial charge in [0.2, 0.25) is 0 Å². The van der Waals surface area contributed by atoms with Crippen LogP contribution < -0.4 is 24.8 Å². The summed E-state index contributed by atoms with van der Waals surface area (Å²) >= 11 is -2.98. The van der Waals surface area contributed by atoms with Gasteiger partial charge in [0.1, 0.15) is 0 Å². The summed E-state index contributed by atoms with van der Waals surface area (Å²) in [5, 5.41) is 0. The number of rotatable bonds is 7. The van der Waals surface area contributed by atoms with Gasteiger partial charge in [-0.2, -0.15) is 0 Å². The predicted octanol–water partition coefficient (Wildman–Crippen LogP) is 6.88. The predicted molar refractivity (Wildman–Crippen MR) is 210 cm³/mol. The molecule has 0 spiro atoms. The Kier molecular flexibility index (Phi) is 11.7. The molecule has 0 heterocycles. The van der Waals surface area contributed by atoms with Crippen molar-refractivity contribution in [2.45, 2.75) is 37.7 Å². The molecule has 258 valence electrons. The molecule has 0 aromatic heterocycles. The summed E-state index contributed by atoms with van der Waals surface area (Å²) < 4.78 is 3.64. The van der Waals surface area contributed by atoms with Crippen molar-refractivity contribution in [1.82, 2.24) is 0 Å². The van der Waals surface area contributed by atoms with Gasteiger partial charge in [0.05, 0.1) is 0 Å². The van der Waals surface area contributed by atoms with Crippen LogP contribution >= 0.6 is 0 Å². The molecule has 0 amide bonds. The van der Waals surface area contributed by atoms with E-state index in [-0.39, 0.29) is 30.2 Å².